The third kappa shape index (κ3) is 6.50. The molecule has 1 amide bonds. The van der Waals surface area contributed by atoms with Crippen LogP contribution in [0.5, 0.6) is 5.75 Å². The van der Waals surface area contributed by atoms with E-state index < -0.39 is 10.0 Å². The second-order valence-corrected chi connectivity index (χ2v) is 8.05. The van der Waals surface area contributed by atoms with E-state index in [0.717, 1.165) is 12.8 Å². The first kappa shape index (κ1) is 21.6. The van der Waals surface area contributed by atoms with Gasteiger partial charge in [-0.3, -0.25) is 9.52 Å². The predicted octanol–water partition coefficient (Wildman–Crippen LogP) is 3.50. The Morgan fingerprint density at radius 1 is 1.04 bits per heavy atom. The van der Waals surface area contributed by atoms with Crippen LogP contribution in [0.1, 0.15) is 26.2 Å². The number of carbonyl (C=O) groups excluding carboxylic acids is 1. The van der Waals surface area contributed by atoms with E-state index in [1.54, 1.807) is 36.4 Å². The summed E-state index contributed by atoms with van der Waals surface area (Å²) in [5.74, 6) is 0.485. The molecular formula is C19H23N3O4S2. The maximum atomic E-state index is 12.5. The monoisotopic (exact) mass is 421 g/mol. The summed E-state index contributed by atoms with van der Waals surface area (Å²) < 4.78 is 32.5. The average Bonchev–Trinajstić information content (AvgIpc) is 2.67. The van der Waals surface area contributed by atoms with Gasteiger partial charge in [0.2, 0.25) is 5.91 Å². The van der Waals surface area contributed by atoms with E-state index in [0.29, 0.717) is 23.5 Å². The molecule has 0 aliphatic rings. The van der Waals surface area contributed by atoms with Crippen molar-refractivity contribution < 1.29 is 17.9 Å². The zero-order chi connectivity index (χ0) is 20.6. The molecule has 0 spiro atoms. The maximum absolute atomic E-state index is 12.5. The van der Waals surface area contributed by atoms with Crippen molar-refractivity contribution >= 4 is 44.6 Å². The van der Waals surface area contributed by atoms with Crippen LogP contribution >= 0.6 is 12.2 Å². The number of rotatable bonds is 8. The summed E-state index contributed by atoms with van der Waals surface area (Å²) in [6.45, 7) is 2.00. The average molecular weight is 422 g/mol. The fourth-order valence-corrected chi connectivity index (χ4v) is 3.57. The van der Waals surface area contributed by atoms with Gasteiger partial charge >= 0.3 is 0 Å². The molecule has 150 valence electrons. The van der Waals surface area contributed by atoms with Crippen LogP contribution in [0, 0.1) is 0 Å². The number of hydrogen-bond acceptors (Lipinski definition) is 5. The Hall–Kier alpha value is -2.65. The first-order valence-corrected chi connectivity index (χ1v) is 10.6. The summed E-state index contributed by atoms with van der Waals surface area (Å²) in [6.07, 6.45) is 2.13. The van der Waals surface area contributed by atoms with Gasteiger partial charge in [-0.1, -0.05) is 13.3 Å². The van der Waals surface area contributed by atoms with Crippen molar-refractivity contribution in [1.82, 2.24) is 5.32 Å². The molecule has 0 radical (unpaired) electrons. The van der Waals surface area contributed by atoms with Gasteiger partial charge in [0.15, 0.2) is 5.11 Å². The van der Waals surface area contributed by atoms with Gasteiger partial charge in [-0.05, 0) is 67.2 Å². The standard InChI is InChI=1S/C19H23N3O4S2/c1-3-4-5-18(23)21-19(27)20-14-8-12-17(13-9-14)28(24,25)22-15-6-10-16(26-2)11-7-15/h6-13,22H,3-5H2,1-2H3,(H2,20,21,23,27). The van der Waals surface area contributed by atoms with Crippen LogP contribution in [-0.2, 0) is 14.8 Å². The summed E-state index contributed by atoms with van der Waals surface area (Å²) in [4.78, 5) is 11.8. The highest BCUT2D eigenvalue weighted by atomic mass is 32.2. The van der Waals surface area contributed by atoms with Gasteiger partial charge in [0, 0.05) is 17.8 Å². The number of unbranched alkanes of at least 4 members (excludes halogenated alkanes) is 1. The Balaban J connectivity index is 1.98. The normalized spacial score (nSPS) is 10.8. The molecule has 2 rings (SSSR count). The van der Waals surface area contributed by atoms with Crippen molar-refractivity contribution in [2.75, 3.05) is 17.1 Å². The van der Waals surface area contributed by atoms with Gasteiger partial charge in [0.25, 0.3) is 10.0 Å². The van der Waals surface area contributed by atoms with E-state index >= 15 is 0 Å². The van der Waals surface area contributed by atoms with E-state index in [1.165, 1.54) is 19.2 Å². The van der Waals surface area contributed by atoms with Gasteiger partial charge in [-0.2, -0.15) is 0 Å². The van der Waals surface area contributed by atoms with Crippen LogP contribution in [0.25, 0.3) is 0 Å². The Labute approximate surface area is 170 Å². The van der Waals surface area contributed by atoms with E-state index in [4.69, 9.17) is 17.0 Å². The summed E-state index contributed by atoms with van der Waals surface area (Å²) in [6, 6.07) is 12.6. The summed E-state index contributed by atoms with van der Waals surface area (Å²) in [5.41, 5.74) is 1.00. The van der Waals surface area contributed by atoms with Gasteiger partial charge < -0.3 is 15.4 Å². The molecule has 0 bridgehead atoms. The van der Waals surface area contributed by atoms with Crippen LogP contribution < -0.4 is 20.1 Å². The van der Waals surface area contributed by atoms with Crippen molar-refractivity contribution in [3.05, 3.63) is 48.5 Å². The number of benzene rings is 2. The van der Waals surface area contributed by atoms with E-state index in [9.17, 15) is 13.2 Å². The number of ether oxygens (including phenoxy) is 1. The van der Waals surface area contributed by atoms with E-state index in [-0.39, 0.29) is 15.9 Å². The molecule has 9 heteroatoms. The quantitative estimate of drug-likeness (QED) is 0.565. The summed E-state index contributed by atoms with van der Waals surface area (Å²) in [7, 11) is -2.19. The van der Waals surface area contributed by atoms with Crippen LogP contribution in [0.4, 0.5) is 11.4 Å². The van der Waals surface area contributed by atoms with Gasteiger partial charge in [0.1, 0.15) is 5.75 Å². The smallest absolute Gasteiger partial charge is 0.261 e. The number of amides is 1. The SMILES string of the molecule is CCCCC(=O)NC(=S)Nc1ccc(S(=O)(=O)Nc2ccc(OC)cc2)cc1. The molecule has 0 unspecified atom stereocenters. The van der Waals surface area contributed by atoms with Crippen LogP contribution in [0.15, 0.2) is 53.4 Å². The lowest BCUT2D eigenvalue weighted by molar-refractivity contribution is -0.119. The molecule has 2 aromatic rings. The highest BCUT2D eigenvalue weighted by Gasteiger charge is 2.14. The fourth-order valence-electron chi connectivity index (χ4n) is 2.28. The second kappa shape index (κ2) is 10.0. The molecule has 28 heavy (non-hydrogen) atoms. The minimum absolute atomic E-state index is 0.103. The molecule has 0 atom stereocenters. The minimum atomic E-state index is -3.73. The first-order chi connectivity index (χ1) is 13.3. The number of sulfonamides is 1. The number of carbonyl (C=O) groups is 1. The number of hydrogen-bond donors (Lipinski definition) is 3. The molecule has 0 aliphatic carbocycles. The molecule has 0 saturated heterocycles. The van der Waals surface area contributed by atoms with Crippen molar-refractivity contribution in [3.8, 4) is 5.75 Å². The number of nitrogens with one attached hydrogen (secondary N) is 3. The lowest BCUT2D eigenvalue weighted by Gasteiger charge is -2.11. The summed E-state index contributed by atoms with van der Waals surface area (Å²) >= 11 is 5.09. The lowest BCUT2D eigenvalue weighted by atomic mass is 10.2. The third-order valence-corrected chi connectivity index (χ3v) is 5.38. The lowest BCUT2D eigenvalue weighted by Crippen LogP contribution is -2.33. The van der Waals surface area contributed by atoms with E-state index in [2.05, 4.69) is 15.4 Å². The molecule has 0 aromatic heterocycles. The maximum Gasteiger partial charge on any atom is 0.261 e. The Morgan fingerprint density at radius 2 is 1.64 bits per heavy atom. The third-order valence-electron chi connectivity index (χ3n) is 3.78. The Kier molecular flexibility index (Phi) is 7.77. The predicted molar refractivity (Wildman–Crippen MR) is 114 cm³/mol. The molecule has 7 nitrogen and oxygen atoms in total. The van der Waals surface area contributed by atoms with Crippen molar-refractivity contribution in [3.63, 3.8) is 0 Å². The molecular weight excluding hydrogens is 398 g/mol. The Morgan fingerprint density at radius 3 is 2.21 bits per heavy atom. The van der Waals surface area contributed by atoms with Crippen LogP contribution in [0.3, 0.4) is 0 Å². The fraction of sp³-hybridized carbons (Fsp3) is 0.263. The zero-order valence-electron chi connectivity index (χ0n) is 15.7. The number of methoxy groups -OCH3 is 1. The molecule has 0 fully saturated rings. The summed E-state index contributed by atoms with van der Waals surface area (Å²) in [5, 5.41) is 5.63. The molecule has 0 heterocycles. The van der Waals surface area contributed by atoms with Gasteiger partial charge in [0.05, 0.1) is 12.0 Å². The topological polar surface area (TPSA) is 96.5 Å². The van der Waals surface area contributed by atoms with Crippen molar-refractivity contribution in [1.29, 1.82) is 0 Å². The minimum Gasteiger partial charge on any atom is -0.497 e. The first-order valence-electron chi connectivity index (χ1n) is 8.72. The number of thiocarbonyl (C=S) groups is 1. The molecule has 3 N–H and O–H groups in total. The molecule has 0 saturated carbocycles. The van der Waals surface area contributed by atoms with Crippen LogP contribution in [-0.4, -0.2) is 26.5 Å². The van der Waals surface area contributed by atoms with Crippen LogP contribution in [0.2, 0.25) is 0 Å². The largest absolute Gasteiger partial charge is 0.497 e. The highest BCUT2D eigenvalue weighted by molar-refractivity contribution is 7.92. The van der Waals surface area contributed by atoms with Gasteiger partial charge in [-0.25, -0.2) is 8.42 Å². The van der Waals surface area contributed by atoms with Crippen molar-refractivity contribution in [2.45, 2.75) is 31.1 Å². The van der Waals surface area contributed by atoms with E-state index in [1.807, 2.05) is 6.92 Å². The van der Waals surface area contributed by atoms with Gasteiger partial charge in [-0.15, -0.1) is 0 Å². The molecule has 0 aliphatic heterocycles. The highest BCUT2D eigenvalue weighted by Crippen LogP contribution is 2.20. The number of anilines is 2. The van der Waals surface area contributed by atoms with Crippen molar-refractivity contribution in [2.24, 2.45) is 0 Å². The molecule has 2 aromatic carbocycles. The second-order valence-electron chi connectivity index (χ2n) is 5.96. The Bertz CT molecular complexity index is 911. The zero-order valence-corrected chi connectivity index (χ0v) is 17.3.